The second-order valence-corrected chi connectivity index (χ2v) is 5.65. The van der Waals surface area contributed by atoms with Gasteiger partial charge in [0.25, 0.3) is 0 Å². The largest absolute Gasteiger partial charge is 0.495 e. The molecule has 23 heavy (non-hydrogen) atoms. The van der Waals surface area contributed by atoms with Gasteiger partial charge in [-0.25, -0.2) is 4.79 Å². The van der Waals surface area contributed by atoms with Gasteiger partial charge in [-0.2, -0.15) is 0 Å². The molecule has 5 heteroatoms. The molecule has 0 spiro atoms. The molecule has 0 aliphatic carbocycles. The molecule has 3 aromatic rings. The number of ether oxygens (including phenoxy) is 1. The maximum absolute atomic E-state index is 11.8. The van der Waals surface area contributed by atoms with Gasteiger partial charge in [-0.1, -0.05) is 23.7 Å². The molecule has 0 aliphatic rings. The first kappa shape index (κ1) is 15.4. The highest BCUT2D eigenvalue weighted by Crippen LogP contribution is 2.27. The molecule has 0 radical (unpaired) electrons. The van der Waals surface area contributed by atoms with Crippen LogP contribution in [0, 0.1) is 6.92 Å². The van der Waals surface area contributed by atoms with Crippen LogP contribution in [-0.4, -0.2) is 7.11 Å². The summed E-state index contributed by atoms with van der Waals surface area (Å²) >= 11 is 6.20. The average Bonchev–Trinajstić information content (AvgIpc) is 2.54. The van der Waals surface area contributed by atoms with Crippen LogP contribution >= 0.6 is 11.6 Å². The highest BCUT2D eigenvalue weighted by molar-refractivity contribution is 6.32. The number of halogens is 1. The number of methoxy groups -OCH3 is 1. The fourth-order valence-electron chi connectivity index (χ4n) is 2.48. The first-order valence-electron chi connectivity index (χ1n) is 7.18. The topological polar surface area (TPSA) is 51.5 Å². The quantitative estimate of drug-likeness (QED) is 0.722. The van der Waals surface area contributed by atoms with E-state index in [1.165, 1.54) is 6.07 Å². The summed E-state index contributed by atoms with van der Waals surface area (Å²) in [7, 11) is 1.62. The number of hydrogen-bond donors (Lipinski definition) is 1. The van der Waals surface area contributed by atoms with Crippen LogP contribution in [0.15, 0.2) is 51.7 Å². The second-order valence-electron chi connectivity index (χ2n) is 5.24. The van der Waals surface area contributed by atoms with E-state index in [-0.39, 0.29) is 5.63 Å². The summed E-state index contributed by atoms with van der Waals surface area (Å²) in [6, 6.07) is 12.7. The first-order valence-corrected chi connectivity index (χ1v) is 7.56. The average molecular weight is 330 g/mol. The Kier molecular flexibility index (Phi) is 4.26. The number of hydrogen-bond acceptors (Lipinski definition) is 4. The molecule has 1 heterocycles. The maximum atomic E-state index is 11.8. The van der Waals surface area contributed by atoms with Gasteiger partial charge in [0.05, 0.1) is 12.8 Å². The van der Waals surface area contributed by atoms with E-state index in [4.69, 9.17) is 20.8 Å². The smallest absolute Gasteiger partial charge is 0.336 e. The molecule has 0 saturated carbocycles. The third-order valence-corrected chi connectivity index (χ3v) is 4.09. The van der Waals surface area contributed by atoms with Crippen molar-refractivity contribution in [2.24, 2.45) is 0 Å². The Morgan fingerprint density at radius 3 is 2.78 bits per heavy atom. The van der Waals surface area contributed by atoms with Crippen LogP contribution in [0.4, 0.5) is 5.69 Å². The zero-order valence-corrected chi connectivity index (χ0v) is 13.6. The molecule has 2 aromatic carbocycles. The molecule has 0 amide bonds. The highest BCUT2D eigenvalue weighted by atomic mass is 35.5. The molecule has 1 N–H and O–H groups in total. The van der Waals surface area contributed by atoms with Crippen LogP contribution in [0.25, 0.3) is 11.0 Å². The van der Waals surface area contributed by atoms with Crippen molar-refractivity contribution in [2.75, 3.05) is 12.4 Å². The first-order chi connectivity index (χ1) is 11.1. The zero-order chi connectivity index (χ0) is 16.4. The molecule has 0 unspecified atom stereocenters. The molecule has 0 fully saturated rings. The number of rotatable bonds is 4. The normalized spacial score (nSPS) is 10.7. The number of para-hydroxylation sites is 2. The van der Waals surface area contributed by atoms with Crippen molar-refractivity contribution in [1.82, 2.24) is 0 Å². The summed E-state index contributed by atoms with van der Waals surface area (Å²) in [5.74, 6) is 0.744. The van der Waals surface area contributed by atoms with E-state index < -0.39 is 0 Å². The van der Waals surface area contributed by atoms with Crippen LogP contribution < -0.4 is 15.7 Å². The van der Waals surface area contributed by atoms with E-state index in [2.05, 4.69) is 5.32 Å². The molecule has 0 atom stereocenters. The van der Waals surface area contributed by atoms with Crippen molar-refractivity contribution in [2.45, 2.75) is 13.5 Å². The van der Waals surface area contributed by atoms with Crippen LogP contribution in [0.2, 0.25) is 5.02 Å². The lowest BCUT2D eigenvalue weighted by molar-refractivity contribution is 0.416. The van der Waals surface area contributed by atoms with E-state index in [1.54, 1.807) is 13.2 Å². The molecule has 4 nitrogen and oxygen atoms in total. The monoisotopic (exact) mass is 329 g/mol. The molecule has 118 valence electrons. The molecule has 0 saturated heterocycles. The Bertz CT molecular complexity index is 918. The molecule has 1 aromatic heterocycles. The Hall–Kier alpha value is -2.46. The highest BCUT2D eigenvalue weighted by Gasteiger charge is 2.09. The second kappa shape index (κ2) is 6.34. The van der Waals surface area contributed by atoms with Gasteiger partial charge in [-0.3, -0.25) is 0 Å². The van der Waals surface area contributed by atoms with Gasteiger partial charge in [0.2, 0.25) is 0 Å². The standard InChI is InChI=1S/C18H16ClNO3/c1-11-7-17-13(9-14(11)19)12(8-18(21)23-17)10-20-15-5-3-4-6-16(15)22-2/h3-9,20H,10H2,1-2H3. The molecule has 3 rings (SSSR count). The lowest BCUT2D eigenvalue weighted by Crippen LogP contribution is -2.06. The molecular formula is C18H16ClNO3. The van der Waals surface area contributed by atoms with Crippen molar-refractivity contribution >= 4 is 28.3 Å². The van der Waals surface area contributed by atoms with Gasteiger partial charge in [-0.05, 0) is 42.3 Å². The summed E-state index contributed by atoms with van der Waals surface area (Å²) in [6.45, 7) is 2.34. The Morgan fingerprint density at radius 2 is 2.00 bits per heavy atom. The van der Waals surface area contributed by atoms with Crippen molar-refractivity contribution in [1.29, 1.82) is 0 Å². The van der Waals surface area contributed by atoms with E-state index >= 15 is 0 Å². The van der Waals surface area contributed by atoms with Gasteiger partial charge >= 0.3 is 5.63 Å². The van der Waals surface area contributed by atoms with Gasteiger partial charge in [0, 0.05) is 23.0 Å². The van der Waals surface area contributed by atoms with Crippen molar-refractivity contribution in [3.05, 3.63) is 69.0 Å². The molecule has 0 aliphatic heterocycles. The summed E-state index contributed by atoms with van der Waals surface area (Å²) in [6.07, 6.45) is 0. The maximum Gasteiger partial charge on any atom is 0.336 e. The summed E-state index contributed by atoms with van der Waals surface area (Å²) < 4.78 is 10.6. The van der Waals surface area contributed by atoms with E-state index in [9.17, 15) is 4.79 Å². The number of nitrogens with one attached hydrogen (secondary N) is 1. The van der Waals surface area contributed by atoms with Gasteiger partial charge in [0.1, 0.15) is 11.3 Å². The number of aryl methyl sites for hydroxylation is 1. The van der Waals surface area contributed by atoms with Crippen molar-refractivity contribution in [3.63, 3.8) is 0 Å². The Morgan fingerprint density at radius 1 is 1.22 bits per heavy atom. The summed E-state index contributed by atoms with van der Waals surface area (Å²) in [5.41, 5.74) is 2.71. The van der Waals surface area contributed by atoms with Gasteiger partial charge in [-0.15, -0.1) is 0 Å². The zero-order valence-electron chi connectivity index (χ0n) is 12.9. The number of benzene rings is 2. The number of fused-ring (bicyclic) bond motifs is 1. The van der Waals surface area contributed by atoms with Crippen LogP contribution in [0.5, 0.6) is 5.75 Å². The van der Waals surface area contributed by atoms with Gasteiger partial charge in [0.15, 0.2) is 0 Å². The Labute approximate surface area is 138 Å². The fourth-order valence-corrected chi connectivity index (χ4v) is 2.64. The predicted molar refractivity (Wildman–Crippen MR) is 92.6 cm³/mol. The van der Waals surface area contributed by atoms with E-state index in [1.807, 2.05) is 37.3 Å². The minimum absolute atomic E-state index is 0.379. The van der Waals surface area contributed by atoms with Crippen molar-refractivity contribution < 1.29 is 9.15 Å². The van der Waals surface area contributed by atoms with Crippen molar-refractivity contribution in [3.8, 4) is 5.75 Å². The number of anilines is 1. The SMILES string of the molecule is COc1ccccc1NCc1cc(=O)oc2cc(C)c(Cl)cc12. The third-order valence-electron chi connectivity index (χ3n) is 3.69. The van der Waals surface area contributed by atoms with Crippen LogP contribution in [0.1, 0.15) is 11.1 Å². The lowest BCUT2D eigenvalue weighted by Gasteiger charge is -2.12. The van der Waals surface area contributed by atoms with E-state index in [0.29, 0.717) is 17.2 Å². The molecule has 0 bridgehead atoms. The van der Waals surface area contributed by atoms with Crippen LogP contribution in [-0.2, 0) is 6.54 Å². The fraction of sp³-hybridized carbons (Fsp3) is 0.167. The Balaban J connectivity index is 1.99. The van der Waals surface area contributed by atoms with E-state index in [0.717, 1.165) is 28.0 Å². The summed E-state index contributed by atoms with van der Waals surface area (Å²) in [5, 5.41) is 4.75. The summed E-state index contributed by atoms with van der Waals surface area (Å²) in [4.78, 5) is 11.8. The van der Waals surface area contributed by atoms with Gasteiger partial charge < -0.3 is 14.5 Å². The minimum atomic E-state index is -0.379. The third kappa shape index (κ3) is 3.17. The lowest BCUT2D eigenvalue weighted by atomic mass is 10.1. The van der Waals surface area contributed by atoms with Crippen LogP contribution in [0.3, 0.4) is 0 Å². The predicted octanol–water partition coefficient (Wildman–Crippen LogP) is 4.38. The molecular weight excluding hydrogens is 314 g/mol. The minimum Gasteiger partial charge on any atom is -0.495 e.